The lowest BCUT2D eigenvalue weighted by atomic mass is 10.2. The van der Waals surface area contributed by atoms with Crippen LogP contribution < -0.4 is 14.8 Å². The monoisotopic (exact) mass is 385 g/mol. The van der Waals surface area contributed by atoms with Gasteiger partial charge < -0.3 is 14.8 Å². The van der Waals surface area contributed by atoms with Crippen molar-refractivity contribution in [3.63, 3.8) is 0 Å². The van der Waals surface area contributed by atoms with Crippen molar-refractivity contribution in [2.24, 2.45) is 0 Å². The summed E-state index contributed by atoms with van der Waals surface area (Å²) < 4.78 is 11.9. The predicted molar refractivity (Wildman–Crippen MR) is 96.1 cm³/mol. The van der Waals surface area contributed by atoms with E-state index in [2.05, 4.69) is 39.4 Å². The molecule has 2 aromatic rings. The summed E-state index contributed by atoms with van der Waals surface area (Å²) in [6.07, 6.45) is 0. The van der Waals surface area contributed by atoms with Gasteiger partial charge in [0.15, 0.2) is 11.5 Å². The molecule has 0 radical (unpaired) electrons. The molecule has 0 spiro atoms. The Bertz CT molecular complexity index is 578. The summed E-state index contributed by atoms with van der Waals surface area (Å²) in [5, 5.41) is 3.43. The summed E-state index contributed by atoms with van der Waals surface area (Å²) in [5.74, 6) is 1.51. The minimum absolute atomic E-state index is 0. The van der Waals surface area contributed by atoms with Gasteiger partial charge in [-0.2, -0.15) is 0 Å². The van der Waals surface area contributed by atoms with E-state index in [9.17, 15) is 0 Å². The highest BCUT2D eigenvalue weighted by atomic mass is 79.9. The third-order valence-electron chi connectivity index (χ3n) is 3.07. The molecule has 0 fully saturated rings. The number of nitrogens with one attached hydrogen (secondary N) is 1. The van der Waals surface area contributed by atoms with E-state index < -0.39 is 0 Å². The lowest BCUT2D eigenvalue weighted by Gasteiger charge is -2.13. The van der Waals surface area contributed by atoms with Crippen LogP contribution in [-0.2, 0) is 13.1 Å². The van der Waals surface area contributed by atoms with Crippen LogP contribution in [0.1, 0.15) is 18.1 Å². The highest BCUT2D eigenvalue weighted by molar-refractivity contribution is 9.10. The minimum atomic E-state index is 0. The summed E-state index contributed by atoms with van der Waals surface area (Å²) >= 11 is 3.53. The smallest absolute Gasteiger partial charge is 0.174 e. The Hall–Kier alpha value is -1.23. The molecule has 0 saturated carbocycles. The van der Waals surface area contributed by atoms with Gasteiger partial charge in [-0.1, -0.05) is 30.3 Å². The van der Waals surface area contributed by atoms with E-state index in [-0.39, 0.29) is 12.4 Å². The minimum Gasteiger partial charge on any atom is -0.492 e. The van der Waals surface area contributed by atoms with Gasteiger partial charge in [0.1, 0.15) is 0 Å². The molecule has 22 heavy (non-hydrogen) atoms. The van der Waals surface area contributed by atoms with Crippen LogP contribution in [0.25, 0.3) is 0 Å². The van der Waals surface area contributed by atoms with Crippen LogP contribution in [0, 0.1) is 0 Å². The van der Waals surface area contributed by atoms with Crippen molar-refractivity contribution in [3.05, 3.63) is 58.1 Å². The molecular weight excluding hydrogens is 366 g/mol. The quantitative estimate of drug-likeness (QED) is 0.756. The summed E-state index contributed by atoms with van der Waals surface area (Å²) in [5.41, 5.74) is 2.43. The van der Waals surface area contributed by atoms with E-state index in [0.717, 1.165) is 34.6 Å². The number of hydrogen-bond acceptors (Lipinski definition) is 3. The second-order valence-electron chi connectivity index (χ2n) is 4.63. The first kappa shape index (κ1) is 18.8. The number of halogens is 2. The van der Waals surface area contributed by atoms with Gasteiger partial charge in [-0.15, -0.1) is 12.4 Å². The molecule has 1 N–H and O–H groups in total. The second-order valence-corrected chi connectivity index (χ2v) is 5.49. The lowest BCUT2D eigenvalue weighted by Crippen LogP contribution is -2.12. The van der Waals surface area contributed by atoms with Gasteiger partial charge in [0.25, 0.3) is 0 Å². The molecule has 0 atom stereocenters. The molecule has 0 unspecified atom stereocenters. The maximum atomic E-state index is 5.63. The van der Waals surface area contributed by atoms with E-state index in [4.69, 9.17) is 9.47 Å². The normalized spacial score (nSPS) is 9.95. The number of rotatable bonds is 7. The van der Waals surface area contributed by atoms with Gasteiger partial charge >= 0.3 is 0 Å². The van der Waals surface area contributed by atoms with E-state index in [1.165, 1.54) is 5.56 Å². The maximum absolute atomic E-state index is 5.63. The predicted octanol–water partition coefficient (Wildman–Crippen LogP) is 4.57. The molecule has 5 heteroatoms. The molecule has 0 amide bonds. The summed E-state index contributed by atoms with van der Waals surface area (Å²) in [7, 11) is 1.65. The lowest BCUT2D eigenvalue weighted by molar-refractivity contribution is 0.309. The fourth-order valence-electron chi connectivity index (χ4n) is 2.13. The molecular formula is C17H21BrClNO2. The molecule has 0 aromatic heterocycles. The van der Waals surface area contributed by atoms with Crippen molar-refractivity contribution in [1.29, 1.82) is 0 Å². The molecule has 120 valence electrons. The molecule has 0 bridgehead atoms. The molecule has 2 aromatic carbocycles. The Morgan fingerprint density at radius 2 is 1.73 bits per heavy atom. The van der Waals surface area contributed by atoms with Gasteiger partial charge in [-0.05, 0) is 46.1 Å². The number of ether oxygens (including phenoxy) is 2. The zero-order valence-electron chi connectivity index (χ0n) is 12.8. The van der Waals surface area contributed by atoms with Gasteiger partial charge in [0.05, 0.1) is 18.2 Å². The number of hydrogen-bond donors (Lipinski definition) is 1. The summed E-state index contributed by atoms with van der Waals surface area (Å²) in [6.45, 7) is 4.20. The Morgan fingerprint density at radius 1 is 1.05 bits per heavy atom. The van der Waals surface area contributed by atoms with Crippen molar-refractivity contribution in [2.75, 3.05) is 13.7 Å². The van der Waals surface area contributed by atoms with Crippen LogP contribution >= 0.6 is 28.3 Å². The molecule has 0 aliphatic carbocycles. The van der Waals surface area contributed by atoms with E-state index >= 15 is 0 Å². The first-order chi connectivity index (χ1) is 10.2. The van der Waals surface area contributed by atoms with E-state index in [1.54, 1.807) is 7.11 Å². The zero-order chi connectivity index (χ0) is 15.1. The zero-order valence-corrected chi connectivity index (χ0v) is 15.2. The average Bonchev–Trinajstić information content (AvgIpc) is 2.48. The Kier molecular flexibility index (Phi) is 8.31. The van der Waals surface area contributed by atoms with Gasteiger partial charge in [0, 0.05) is 13.1 Å². The second kappa shape index (κ2) is 9.72. The fraction of sp³-hybridized carbons (Fsp3) is 0.294. The van der Waals surface area contributed by atoms with Crippen LogP contribution in [0.3, 0.4) is 0 Å². The van der Waals surface area contributed by atoms with Crippen LogP contribution in [0.5, 0.6) is 11.5 Å². The Labute approximate surface area is 146 Å². The molecule has 0 heterocycles. The van der Waals surface area contributed by atoms with E-state index in [0.29, 0.717) is 6.61 Å². The Balaban J connectivity index is 0.00000242. The highest BCUT2D eigenvalue weighted by Gasteiger charge is 2.10. The van der Waals surface area contributed by atoms with Crippen molar-refractivity contribution >= 4 is 28.3 Å². The first-order valence-electron chi connectivity index (χ1n) is 6.98. The van der Waals surface area contributed by atoms with Gasteiger partial charge in [-0.25, -0.2) is 0 Å². The molecule has 3 nitrogen and oxygen atoms in total. The van der Waals surface area contributed by atoms with Crippen molar-refractivity contribution < 1.29 is 9.47 Å². The van der Waals surface area contributed by atoms with Crippen LogP contribution in [0.15, 0.2) is 46.9 Å². The maximum Gasteiger partial charge on any atom is 0.174 e. The standard InChI is InChI=1S/C17H20BrNO2.ClH/c1-3-21-16-10-14(9-15(18)17(16)20-2)12-19-11-13-7-5-4-6-8-13;/h4-10,19H,3,11-12H2,1-2H3;1H. The molecule has 0 aliphatic rings. The molecule has 0 aliphatic heterocycles. The van der Waals surface area contributed by atoms with Gasteiger partial charge in [-0.3, -0.25) is 0 Å². The van der Waals surface area contributed by atoms with Crippen molar-refractivity contribution in [3.8, 4) is 11.5 Å². The highest BCUT2D eigenvalue weighted by Crippen LogP contribution is 2.36. The van der Waals surface area contributed by atoms with Crippen LogP contribution in [-0.4, -0.2) is 13.7 Å². The van der Waals surface area contributed by atoms with Gasteiger partial charge in [0.2, 0.25) is 0 Å². The SMILES string of the molecule is CCOc1cc(CNCc2ccccc2)cc(Br)c1OC.Cl. The summed E-state index contributed by atoms with van der Waals surface area (Å²) in [6, 6.07) is 14.4. The summed E-state index contributed by atoms with van der Waals surface area (Å²) in [4.78, 5) is 0. The third-order valence-corrected chi connectivity index (χ3v) is 3.66. The van der Waals surface area contributed by atoms with Crippen molar-refractivity contribution in [1.82, 2.24) is 5.32 Å². The van der Waals surface area contributed by atoms with Crippen molar-refractivity contribution in [2.45, 2.75) is 20.0 Å². The van der Waals surface area contributed by atoms with E-state index in [1.807, 2.05) is 31.2 Å². The fourth-order valence-corrected chi connectivity index (χ4v) is 2.78. The first-order valence-corrected chi connectivity index (χ1v) is 7.77. The van der Waals surface area contributed by atoms with Crippen LogP contribution in [0.4, 0.5) is 0 Å². The molecule has 2 rings (SSSR count). The number of methoxy groups -OCH3 is 1. The topological polar surface area (TPSA) is 30.5 Å². The Morgan fingerprint density at radius 3 is 2.36 bits per heavy atom. The number of benzene rings is 2. The third kappa shape index (κ3) is 5.20. The average molecular weight is 387 g/mol. The largest absolute Gasteiger partial charge is 0.492 e. The van der Waals surface area contributed by atoms with Crippen LogP contribution in [0.2, 0.25) is 0 Å². The molecule has 0 saturated heterocycles.